The Bertz CT molecular complexity index is 863. The number of hydrogen-bond donors (Lipinski definition) is 0. The summed E-state index contributed by atoms with van der Waals surface area (Å²) in [6.45, 7) is -0.0888. The Hall–Kier alpha value is -3.09. The Morgan fingerprint density at radius 1 is 1.04 bits per heavy atom. The van der Waals surface area contributed by atoms with Crippen molar-refractivity contribution in [1.82, 2.24) is 9.80 Å². The molecule has 26 heavy (non-hydrogen) atoms. The van der Waals surface area contributed by atoms with Gasteiger partial charge >= 0.3 is 0 Å². The molecule has 2 aromatic rings. The summed E-state index contributed by atoms with van der Waals surface area (Å²) in [5.41, 5.74) is 0.835. The molecular formula is C19H16F2N2O3. The maximum Gasteiger partial charge on any atom is 0.261 e. The van der Waals surface area contributed by atoms with Crippen molar-refractivity contribution < 1.29 is 23.2 Å². The Labute approximate surface area is 148 Å². The SMILES string of the molecule is CN(Cc1ccc(F)cc1F)C(=O)CCN1C(=O)c2ccccc2C1=O. The zero-order valence-corrected chi connectivity index (χ0v) is 14.0. The number of nitrogens with zero attached hydrogens (tertiary/aromatic N) is 2. The van der Waals surface area contributed by atoms with Gasteiger partial charge in [0.15, 0.2) is 0 Å². The molecule has 0 bridgehead atoms. The van der Waals surface area contributed by atoms with E-state index in [4.69, 9.17) is 0 Å². The lowest BCUT2D eigenvalue weighted by Crippen LogP contribution is -2.35. The minimum Gasteiger partial charge on any atom is -0.341 e. The first-order chi connectivity index (χ1) is 12.4. The van der Waals surface area contributed by atoms with E-state index in [0.29, 0.717) is 11.1 Å². The van der Waals surface area contributed by atoms with E-state index >= 15 is 0 Å². The molecule has 0 unspecified atom stereocenters. The van der Waals surface area contributed by atoms with E-state index in [1.807, 2.05) is 0 Å². The topological polar surface area (TPSA) is 57.7 Å². The number of amides is 3. The molecule has 1 heterocycles. The van der Waals surface area contributed by atoms with Crippen molar-refractivity contribution in [2.45, 2.75) is 13.0 Å². The highest BCUT2D eigenvalue weighted by Crippen LogP contribution is 2.22. The van der Waals surface area contributed by atoms with Crippen LogP contribution in [0.4, 0.5) is 8.78 Å². The van der Waals surface area contributed by atoms with Gasteiger partial charge in [0.25, 0.3) is 11.8 Å². The molecule has 0 N–H and O–H groups in total. The van der Waals surface area contributed by atoms with Crippen LogP contribution < -0.4 is 0 Å². The molecule has 1 aliphatic heterocycles. The Kier molecular flexibility index (Phi) is 4.79. The van der Waals surface area contributed by atoms with Crippen LogP contribution in [0.5, 0.6) is 0 Å². The number of halogens is 2. The summed E-state index contributed by atoms with van der Waals surface area (Å²) in [6.07, 6.45) is -0.0786. The van der Waals surface area contributed by atoms with Gasteiger partial charge in [-0.15, -0.1) is 0 Å². The second kappa shape index (κ2) is 7.03. The number of hydrogen-bond acceptors (Lipinski definition) is 3. The lowest BCUT2D eigenvalue weighted by Gasteiger charge is -2.19. The molecule has 2 aromatic carbocycles. The molecule has 0 atom stereocenters. The lowest BCUT2D eigenvalue weighted by atomic mass is 10.1. The molecule has 0 spiro atoms. The second-order valence-electron chi connectivity index (χ2n) is 6.04. The predicted octanol–water partition coefficient (Wildman–Crippen LogP) is 2.61. The standard InChI is InChI=1S/C19H16F2N2O3/c1-22(11-12-6-7-13(20)10-16(12)21)17(24)8-9-23-18(25)14-4-2-3-5-15(14)19(23)26/h2-7,10H,8-9,11H2,1H3. The molecular weight excluding hydrogens is 342 g/mol. The largest absolute Gasteiger partial charge is 0.341 e. The number of rotatable bonds is 5. The summed E-state index contributed by atoms with van der Waals surface area (Å²) in [7, 11) is 1.48. The molecule has 0 saturated carbocycles. The fraction of sp³-hybridized carbons (Fsp3) is 0.211. The molecule has 0 saturated heterocycles. The maximum absolute atomic E-state index is 13.7. The van der Waals surface area contributed by atoms with Gasteiger partial charge in [-0.2, -0.15) is 0 Å². The predicted molar refractivity (Wildman–Crippen MR) is 89.3 cm³/mol. The van der Waals surface area contributed by atoms with Crippen LogP contribution in [-0.4, -0.2) is 41.1 Å². The number of carbonyl (C=O) groups is 3. The van der Waals surface area contributed by atoms with Crippen molar-refractivity contribution in [3.8, 4) is 0 Å². The summed E-state index contributed by atoms with van der Waals surface area (Å²) < 4.78 is 26.6. The van der Waals surface area contributed by atoms with E-state index in [-0.39, 0.29) is 31.0 Å². The van der Waals surface area contributed by atoms with E-state index < -0.39 is 23.4 Å². The lowest BCUT2D eigenvalue weighted by molar-refractivity contribution is -0.130. The highest BCUT2D eigenvalue weighted by molar-refractivity contribution is 6.21. The zero-order valence-electron chi connectivity index (χ0n) is 14.0. The normalized spacial score (nSPS) is 13.1. The van der Waals surface area contributed by atoms with Crippen LogP contribution >= 0.6 is 0 Å². The van der Waals surface area contributed by atoms with Gasteiger partial charge in [-0.3, -0.25) is 19.3 Å². The van der Waals surface area contributed by atoms with Crippen LogP contribution in [0, 0.1) is 11.6 Å². The Morgan fingerprint density at radius 2 is 1.65 bits per heavy atom. The van der Waals surface area contributed by atoms with Gasteiger partial charge in [0.2, 0.25) is 5.91 Å². The number of carbonyl (C=O) groups excluding carboxylic acids is 3. The zero-order chi connectivity index (χ0) is 18.8. The molecule has 0 fully saturated rings. The van der Waals surface area contributed by atoms with Crippen LogP contribution in [-0.2, 0) is 11.3 Å². The van der Waals surface area contributed by atoms with Gasteiger partial charge in [-0.25, -0.2) is 8.78 Å². The molecule has 0 aromatic heterocycles. The van der Waals surface area contributed by atoms with Crippen molar-refractivity contribution in [3.05, 3.63) is 70.8 Å². The van der Waals surface area contributed by atoms with Crippen LogP contribution in [0.25, 0.3) is 0 Å². The Balaban J connectivity index is 1.60. The van der Waals surface area contributed by atoms with E-state index in [9.17, 15) is 23.2 Å². The highest BCUT2D eigenvalue weighted by atomic mass is 19.1. The van der Waals surface area contributed by atoms with Gasteiger partial charge in [0.05, 0.1) is 11.1 Å². The van der Waals surface area contributed by atoms with Crippen molar-refractivity contribution in [2.75, 3.05) is 13.6 Å². The molecule has 5 nitrogen and oxygen atoms in total. The van der Waals surface area contributed by atoms with E-state index in [1.54, 1.807) is 24.3 Å². The third kappa shape index (κ3) is 3.33. The Morgan fingerprint density at radius 3 is 2.23 bits per heavy atom. The van der Waals surface area contributed by atoms with Crippen LogP contribution in [0.2, 0.25) is 0 Å². The molecule has 0 radical (unpaired) electrons. The van der Waals surface area contributed by atoms with Gasteiger partial charge < -0.3 is 4.90 Å². The maximum atomic E-state index is 13.7. The van der Waals surface area contributed by atoms with Crippen LogP contribution in [0.3, 0.4) is 0 Å². The average molecular weight is 358 g/mol. The summed E-state index contributed by atoms with van der Waals surface area (Å²) in [5, 5.41) is 0. The van der Waals surface area contributed by atoms with Crippen LogP contribution in [0.1, 0.15) is 32.7 Å². The summed E-state index contributed by atoms with van der Waals surface area (Å²) >= 11 is 0. The number of fused-ring (bicyclic) bond motifs is 1. The molecule has 7 heteroatoms. The molecule has 134 valence electrons. The molecule has 3 amide bonds. The third-order valence-corrected chi connectivity index (χ3v) is 4.28. The highest BCUT2D eigenvalue weighted by Gasteiger charge is 2.35. The molecule has 0 aliphatic carbocycles. The van der Waals surface area contributed by atoms with Crippen molar-refractivity contribution in [2.24, 2.45) is 0 Å². The van der Waals surface area contributed by atoms with E-state index in [2.05, 4.69) is 0 Å². The average Bonchev–Trinajstić information content (AvgIpc) is 2.86. The van der Waals surface area contributed by atoms with Crippen molar-refractivity contribution in [3.63, 3.8) is 0 Å². The fourth-order valence-corrected chi connectivity index (χ4v) is 2.83. The summed E-state index contributed by atoms with van der Waals surface area (Å²) in [6, 6.07) is 9.63. The first-order valence-electron chi connectivity index (χ1n) is 8.01. The fourth-order valence-electron chi connectivity index (χ4n) is 2.83. The number of imide groups is 1. The second-order valence-corrected chi connectivity index (χ2v) is 6.04. The van der Waals surface area contributed by atoms with E-state index in [1.165, 1.54) is 18.0 Å². The van der Waals surface area contributed by atoms with Gasteiger partial charge in [-0.1, -0.05) is 18.2 Å². The van der Waals surface area contributed by atoms with Gasteiger partial charge in [-0.05, 0) is 18.2 Å². The van der Waals surface area contributed by atoms with Crippen molar-refractivity contribution >= 4 is 17.7 Å². The quantitative estimate of drug-likeness (QED) is 0.772. The van der Waals surface area contributed by atoms with Crippen LogP contribution in [0.15, 0.2) is 42.5 Å². The summed E-state index contributed by atoms with van der Waals surface area (Å²) in [5.74, 6) is -2.63. The first-order valence-corrected chi connectivity index (χ1v) is 8.01. The molecule has 3 rings (SSSR count). The number of benzene rings is 2. The summed E-state index contributed by atoms with van der Waals surface area (Å²) in [4.78, 5) is 39.1. The van der Waals surface area contributed by atoms with Crippen molar-refractivity contribution in [1.29, 1.82) is 0 Å². The first kappa shape index (κ1) is 17.7. The van der Waals surface area contributed by atoms with Gasteiger partial charge in [0, 0.05) is 38.2 Å². The minimum atomic E-state index is -0.731. The smallest absolute Gasteiger partial charge is 0.261 e. The van der Waals surface area contributed by atoms with Gasteiger partial charge in [0.1, 0.15) is 11.6 Å². The van der Waals surface area contributed by atoms with E-state index in [0.717, 1.165) is 17.0 Å². The monoisotopic (exact) mass is 358 g/mol. The third-order valence-electron chi connectivity index (χ3n) is 4.28. The molecule has 1 aliphatic rings. The minimum absolute atomic E-state index is 0.0347.